The summed E-state index contributed by atoms with van der Waals surface area (Å²) >= 11 is 0. The van der Waals surface area contributed by atoms with Gasteiger partial charge in [0.1, 0.15) is 11.1 Å². The first-order chi connectivity index (χ1) is 17.9. The Labute approximate surface area is 269 Å². The van der Waals surface area contributed by atoms with Crippen molar-refractivity contribution in [1.29, 1.82) is 0 Å². The van der Waals surface area contributed by atoms with Gasteiger partial charge in [-0.15, -0.1) is 0 Å². The summed E-state index contributed by atoms with van der Waals surface area (Å²) in [5.41, 5.74) is 9.88. The lowest BCUT2D eigenvalue weighted by Gasteiger charge is -2.61. The summed E-state index contributed by atoms with van der Waals surface area (Å²) in [6, 6.07) is 0. The fraction of sp³-hybridized carbons (Fsp3) is 0.632. The number of nitrogens with zero attached hydrogens (tertiary/aromatic N) is 1. The molecule has 40 heavy (non-hydrogen) atoms. The lowest BCUT2D eigenvalue weighted by molar-refractivity contribution is -0.999. The number of likely N-dealkylation sites (N-methyl/N-ethyl adjacent to an activating group) is 1. The standard InChI is InChI=1S/C38H66N.HI/c1-30(2)16-23-37(24-17-31(3)4,25-18-32(5)6)39(15,29-22-36(13)14)38(26-19-33(7)8,27-20-34(9)10)28-21-35(11)12;/h16-22H,23-29H2,1-15H3;1H/q+1;/p-1. The Bertz CT molecular complexity index is 796. The van der Waals surface area contributed by atoms with Crippen molar-refractivity contribution < 1.29 is 28.5 Å². The molecule has 0 bridgehead atoms. The highest BCUT2D eigenvalue weighted by molar-refractivity contribution is 5.15. The van der Waals surface area contributed by atoms with Gasteiger partial charge >= 0.3 is 0 Å². The SMILES string of the molecule is CC(C)=CCC(CC=C(C)C)(CC=C(C)C)[N+](C)(CC=C(C)C)C(CC=C(C)C)(CC=C(C)C)CC=C(C)C.[I-]. The number of quaternary nitrogens is 1. The third-order valence-corrected chi connectivity index (χ3v) is 8.30. The molecule has 0 aliphatic rings. The van der Waals surface area contributed by atoms with E-state index in [9.17, 15) is 0 Å². The Balaban J connectivity index is 0. The first-order valence-electron chi connectivity index (χ1n) is 15.2. The first kappa shape index (κ1) is 41.0. The molecule has 0 heterocycles. The van der Waals surface area contributed by atoms with E-state index in [1.165, 1.54) is 39.0 Å². The monoisotopic (exact) mass is 663 g/mol. The molecule has 0 aliphatic carbocycles. The fourth-order valence-corrected chi connectivity index (χ4v) is 5.33. The van der Waals surface area contributed by atoms with Crippen molar-refractivity contribution in [3.05, 3.63) is 81.5 Å². The molecule has 1 nitrogen and oxygen atoms in total. The number of allylic oxidation sites excluding steroid dienone is 7. The van der Waals surface area contributed by atoms with Crippen LogP contribution in [-0.2, 0) is 0 Å². The molecular formula is C38H66IN. The third kappa shape index (κ3) is 13.7. The van der Waals surface area contributed by atoms with Crippen molar-refractivity contribution in [2.45, 2.75) is 147 Å². The quantitative estimate of drug-likeness (QED) is 0.0879. The Kier molecular flexibility index (Phi) is 19.6. The van der Waals surface area contributed by atoms with E-state index in [0.717, 1.165) is 49.6 Å². The highest BCUT2D eigenvalue weighted by Gasteiger charge is 2.56. The molecule has 0 spiro atoms. The summed E-state index contributed by atoms with van der Waals surface area (Å²) in [6.07, 6.45) is 24.0. The molecule has 0 radical (unpaired) electrons. The van der Waals surface area contributed by atoms with Gasteiger partial charge in [-0.05, 0) is 103 Å². The fourth-order valence-electron chi connectivity index (χ4n) is 5.33. The van der Waals surface area contributed by atoms with Crippen LogP contribution in [-0.4, -0.2) is 29.2 Å². The topological polar surface area (TPSA) is 0 Å². The average molecular weight is 664 g/mol. The van der Waals surface area contributed by atoms with Gasteiger partial charge in [0.15, 0.2) is 0 Å². The Morgan fingerprint density at radius 3 is 0.700 bits per heavy atom. The number of halogens is 1. The van der Waals surface area contributed by atoms with Crippen LogP contribution in [0.5, 0.6) is 0 Å². The molecule has 0 aromatic carbocycles. The van der Waals surface area contributed by atoms with Crippen LogP contribution < -0.4 is 24.0 Å². The van der Waals surface area contributed by atoms with Crippen LogP contribution in [0.1, 0.15) is 135 Å². The Hall–Kier alpha value is -1.13. The second-order valence-electron chi connectivity index (χ2n) is 14.0. The molecule has 0 fully saturated rings. The van der Waals surface area contributed by atoms with E-state index < -0.39 is 0 Å². The first-order valence-corrected chi connectivity index (χ1v) is 15.2. The highest BCUT2D eigenvalue weighted by atomic mass is 127. The molecule has 0 N–H and O–H groups in total. The van der Waals surface area contributed by atoms with Crippen LogP contribution in [0, 0.1) is 0 Å². The van der Waals surface area contributed by atoms with Crippen molar-refractivity contribution in [1.82, 2.24) is 0 Å². The highest BCUT2D eigenvalue weighted by Crippen LogP contribution is 2.48. The normalized spacial score (nSPS) is 11.4. The molecule has 0 saturated heterocycles. The molecule has 0 amide bonds. The van der Waals surface area contributed by atoms with Crippen LogP contribution >= 0.6 is 0 Å². The summed E-state index contributed by atoms with van der Waals surface area (Å²) in [6.45, 7) is 32.7. The van der Waals surface area contributed by atoms with Crippen molar-refractivity contribution >= 4 is 0 Å². The summed E-state index contributed by atoms with van der Waals surface area (Å²) in [4.78, 5) is 0. The zero-order valence-corrected chi connectivity index (χ0v) is 31.5. The van der Waals surface area contributed by atoms with Gasteiger partial charge in [0.25, 0.3) is 0 Å². The summed E-state index contributed by atoms with van der Waals surface area (Å²) in [7, 11) is 2.60. The molecule has 0 aliphatic heterocycles. The van der Waals surface area contributed by atoms with E-state index in [0.29, 0.717) is 0 Å². The molecule has 0 atom stereocenters. The lowest BCUT2D eigenvalue weighted by atomic mass is 9.72. The van der Waals surface area contributed by atoms with Gasteiger partial charge in [0.2, 0.25) is 0 Å². The zero-order valence-electron chi connectivity index (χ0n) is 29.3. The van der Waals surface area contributed by atoms with Gasteiger partial charge in [-0.3, -0.25) is 0 Å². The van der Waals surface area contributed by atoms with Crippen molar-refractivity contribution in [3.8, 4) is 0 Å². The van der Waals surface area contributed by atoms with Crippen LogP contribution in [0.25, 0.3) is 0 Å². The largest absolute Gasteiger partial charge is 1.00 e. The van der Waals surface area contributed by atoms with E-state index in [1.807, 2.05) is 0 Å². The maximum absolute atomic E-state index is 2.60. The van der Waals surface area contributed by atoms with Crippen molar-refractivity contribution in [2.75, 3.05) is 13.6 Å². The molecular weight excluding hydrogens is 597 g/mol. The van der Waals surface area contributed by atoms with Crippen molar-refractivity contribution in [2.24, 2.45) is 0 Å². The number of hydrogen-bond donors (Lipinski definition) is 0. The minimum atomic E-state index is 0. The van der Waals surface area contributed by atoms with Gasteiger partial charge < -0.3 is 28.5 Å². The molecule has 0 rings (SSSR count). The van der Waals surface area contributed by atoms with E-state index in [-0.39, 0.29) is 35.1 Å². The summed E-state index contributed by atoms with van der Waals surface area (Å²) in [5.74, 6) is 0. The molecule has 0 unspecified atom stereocenters. The Morgan fingerprint density at radius 1 is 0.375 bits per heavy atom. The predicted octanol–water partition coefficient (Wildman–Crippen LogP) is 9.02. The minimum Gasteiger partial charge on any atom is -1.00 e. The maximum Gasteiger partial charge on any atom is 0.110 e. The van der Waals surface area contributed by atoms with E-state index in [1.54, 1.807) is 0 Å². The second kappa shape index (κ2) is 19.1. The van der Waals surface area contributed by atoms with Gasteiger partial charge in [-0.1, -0.05) is 75.5 Å². The van der Waals surface area contributed by atoms with Gasteiger partial charge in [-0.2, -0.15) is 0 Å². The Morgan fingerprint density at radius 2 is 0.550 bits per heavy atom. The lowest BCUT2D eigenvalue weighted by Crippen LogP contribution is -3.00. The third-order valence-electron chi connectivity index (χ3n) is 8.30. The molecule has 0 saturated carbocycles. The predicted molar refractivity (Wildman–Crippen MR) is 180 cm³/mol. The molecule has 0 aromatic rings. The summed E-state index contributed by atoms with van der Waals surface area (Å²) < 4.78 is 1.000. The van der Waals surface area contributed by atoms with Crippen LogP contribution in [0.15, 0.2) is 81.5 Å². The second-order valence-corrected chi connectivity index (χ2v) is 14.0. The van der Waals surface area contributed by atoms with Gasteiger partial charge in [0, 0.05) is 38.5 Å². The van der Waals surface area contributed by atoms with Gasteiger partial charge in [-0.25, -0.2) is 0 Å². The van der Waals surface area contributed by atoms with Gasteiger partial charge in [0.05, 0.1) is 13.6 Å². The van der Waals surface area contributed by atoms with E-state index >= 15 is 0 Å². The van der Waals surface area contributed by atoms with Crippen LogP contribution in [0.4, 0.5) is 0 Å². The molecule has 0 aromatic heterocycles. The number of rotatable bonds is 16. The molecule has 2 heteroatoms. The van der Waals surface area contributed by atoms with Crippen molar-refractivity contribution in [3.63, 3.8) is 0 Å². The van der Waals surface area contributed by atoms with E-state index in [2.05, 4.69) is 147 Å². The minimum absolute atomic E-state index is 0. The number of hydrogen-bond acceptors (Lipinski definition) is 0. The average Bonchev–Trinajstić information content (AvgIpc) is 2.81. The molecule has 230 valence electrons. The van der Waals surface area contributed by atoms with Crippen LogP contribution in [0.2, 0.25) is 0 Å². The van der Waals surface area contributed by atoms with Crippen LogP contribution in [0.3, 0.4) is 0 Å². The van der Waals surface area contributed by atoms with E-state index in [4.69, 9.17) is 0 Å². The zero-order chi connectivity index (χ0) is 30.4. The maximum atomic E-state index is 2.60. The summed E-state index contributed by atoms with van der Waals surface area (Å²) in [5, 5.41) is 0. The smallest absolute Gasteiger partial charge is 0.110 e.